The third-order valence-electron chi connectivity index (χ3n) is 2.01. The largest absolute Gasteiger partial charge is 0.472 e. The van der Waals surface area contributed by atoms with Crippen LogP contribution in [0.4, 0.5) is 0 Å². The van der Waals surface area contributed by atoms with E-state index >= 15 is 0 Å². The summed E-state index contributed by atoms with van der Waals surface area (Å²) < 4.78 is 5.47. The van der Waals surface area contributed by atoms with E-state index < -0.39 is 0 Å². The summed E-state index contributed by atoms with van der Waals surface area (Å²) in [5, 5.41) is 0. The Bertz CT molecular complexity index is 429. The lowest BCUT2D eigenvalue weighted by atomic mass is 10.1. The second-order valence-electron chi connectivity index (χ2n) is 3.32. The Labute approximate surface area is 88.8 Å². The van der Waals surface area contributed by atoms with Crippen molar-refractivity contribution >= 4 is 0 Å². The standard InChI is InChI=1S/C12H12N2O/c1-10-3-2-4-11(7-10)9-15-12-8-13-5-6-14-12/h2-8H,9H2,1H3. The van der Waals surface area contributed by atoms with Gasteiger partial charge in [-0.15, -0.1) is 0 Å². The van der Waals surface area contributed by atoms with E-state index in [0.29, 0.717) is 12.5 Å². The molecular weight excluding hydrogens is 188 g/mol. The molecule has 0 atom stereocenters. The molecule has 0 aliphatic carbocycles. The third-order valence-corrected chi connectivity index (χ3v) is 2.01. The highest BCUT2D eigenvalue weighted by molar-refractivity contribution is 5.22. The zero-order chi connectivity index (χ0) is 10.5. The Morgan fingerprint density at radius 2 is 2.20 bits per heavy atom. The maximum atomic E-state index is 5.47. The monoisotopic (exact) mass is 200 g/mol. The number of nitrogens with zero attached hydrogens (tertiary/aromatic N) is 2. The normalized spacial score (nSPS) is 9.93. The van der Waals surface area contributed by atoms with Crippen LogP contribution in [0.2, 0.25) is 0 Å². The summed E-state index contributed by atoms with van der Waals surface area (Å²) in [5.41, 5.74) is 2.37. The molecule has 0 saturated carbocycles. The Morgan fingerprint density at radius 3 is 2.93 bits per heavy atom. The summed E-state index contributed by atoms with van der Waals surface area (Å²) in [6.45, 7) is 2.59. The molecule has 15 heavy (non-hydrogen) atoms. The summed E-state index contributed by atoms with van der Waals surface area (Å²) in [6.07, 6.45) is 4.85. The topological polar surface area (TPSA) is 35.0 Å². The average molecular weight is 200 g/mol. The molecule has 0 bridgehead atoms. The van der Waals surface area contributed by atoms with Crippen LogP contribution in [0.25, 0.3) is 0 Å². The van der Waals surface area contributed by atoms with Gasteiger partial charge in [-0.3, -0.25) is 4.98 Å². The second-order valence-corrected chi connectivity index (χ2v) is 3.32. The zero-order valence-corrected chi connectivity index (χ0v) is 8.55. The first-order chi connectivity index (χ1) is 7.34. The van der Waals surface area contributed by atoms with Crippen molar-refractivity contribution in [2.24, 2.45) is 0 Å². The van der Waals surface area contributed by atoms with Crippen LogP contribution in [0.15, 0.2) is 42.9 Å². The first kappa shape index (κ1) is 9.65. The maximum absolute atomic E-state index is 5.47. The fraction of sp³-hybridized carbons (Fsp3) is 0.167. The van der Waals surface area contributed by atoms with Crippen molar-refractivity contribution in [3.8, 4) is 5.88 Å². The van der Waals surface area contributed by atoms with Gasteiger partial charge in [0.15, 0.2) is 0 Å². The summed E-state index contributed by atoms with van der Waals surface area (Å²) in [7, 11) is 0. The van der Waals surface area contributed by atoms with Crippen molar-refractivity contribution in [1.82, 2.24) is 9.97 Å². The predicted octanol–water partition coefficient (Wildman–Crippen LogP) is 2.36. The molecule has 0 unspecified atom stereocenters. The number of hydrogen-bond acceptors (Lipinski definition) is 3. The highest BCUT2D eigenvalue weighted by Gasteiger charge is 1.96. The third kappa shape index (κ3) is 2.77. The van der Waals surface area contributed by atoms with Crippen molar-refractivity contribution < 1.29 is 4.74 Å². The molecule has 2 rings (SSSR count). The van der Waals surface area contributed by atoms with E-state index in [1.54, 1.807) is 18.6 Å². The van der Waals surface area contributed by atoms with Gasteiger partial charge in [-0.05, 0) is 12.5 Å². The smallest absolute Gasteiger partial charge is 0.232 e. The number of aryl methyl sites for hydroxylation is 1. The van der Waals surface area contributed by atoms with Crippen molar-refractivity contribution in [2.75, 3.05) is 0 Å². The van der Waals surface area contributed by atoms with E-state index in [1.807, 2.05) is 12.1 Å². The summed E-state index contributed by atoms with van der Waals surface area (Å²) in [4.78, 5) is 7.96. The van der Waals surface area contributed by atoms with E-state index in [4.69, 9.17) is 4.74 Å². The highest BCUT2D eigenvalue weighted by Crippen LogP contribution is 2.08. The van der Waals surface area contributed by atoms with Gasteiger partial charge < -0.3 is 4.74 Å². The average Bonchev–Trinajstić information content (AvgIpc) is 2.28. The van der Waals surface area contributed by atoms with Gasteiger partial charge >= 0.3 is 0 Å². The SMILES string of the molecule is Cc1cccc(COc2cnccn2)c1. The molecular formula is C12H12N2O. The molecule has 0 saturated heterocycles. The minimum absolute atomic E-state index is 0.528. The highest BCUT2D eigenvalue weighted by atomic mass is 16.5. The molecule has 0 aliphatic heterocycles. The fourth-order valence-corrected chi connectivity index (χ4v) is 1.32. The van der Waals surface area contributed by atoms with Crippen LogP contribution in [0.5, 0.6) is 5.88 Å². The lowest BCUT2D eigenvalue weighted by molar-refractivity contribution is 0.292. The van der Waals surface area contributed by atoms with Gasteiger partial charge in [-0.1, -0.05) is 29.8 Å². The fourth-order valence-electron chi connectivity index (χ4n) is 1.32. The number of ether oxygens (including phenoxy) is 1. The van der Waals surface area contributed by atoms with Crippen LogP contribution < -0.4 is 4.74 Å². The van der Waals surface area contributed by atoms with Gasteiger partial charge in [0.05, 0.1) is 6.20 Å². The van der Waals surface area contributed by atoms with Crippen molar-refractivity contribution in [3.63, 3.8) is 0 Å². The van der Waals surface area contributed by atoms with Crippen LogP contribution in [0.3, 0.4) is 0 Å². The summed E-state index contributed by atoms with van der Waals surface area (Å²) in [6, 6.07) is 8.20. The molecule has 0 spiro atoms. The van der Waals surface area contributed by atoms with Gasteiger partial charge in [-0.25, -0.2) is 4.98 Å². The Kier molecular flexibility index (Phi) is 2.93. The first-order valence-corrected chi connectivity index (χ1v) is 4.79. The van der Waals surface area contributed by atoms with Crippen LogP contribution in [-0.4, -0.2) is 9.97 Å². The van der Waals surface area contributed by atoms with E-state index in [0.717, 1.165) is 5.56 Å². The van der Waals surface area contributed by atoms with Gasteiger partial charge in [0.1, 0.15) is 6.61 Å². The van der Waals surface area contributed by atoms with Crippen molar-refractivity contribution in [3.05, 3.63) is 54.0 Å². The Balaban J connectivity index is 1.99. The van der Waals surface area contributed by atoms with E-state index in [-0.39, 0.29) is 0 Å². The van der Waals surface area contributed by atoms with Gasteiger partial charge in [-0.2, -0.15) is 0 Å². The number of benzene rings is 1. The van der Waals surface area contributed by atoms with Crippen LogP contribution >= 0.6 is 0 Å². The molecule has 3 heteroatoms. The molecule has 76 valence electrons. The number of rotatable bonds is 3. The van der Waals surface area contributed by atoms with Crippen LogP contribution in [0, 0.1) is 6.92 Å². The molecule has 0 aliphatic rings. The lowest BCUT2D eigenvalue weighted by Gasteiger charge is -2.04. The minimum Gasteiger partial charge on any atom is -0.472 e. The van der Waals surface area contributed by atoms with E-state index in [1.165, 1.54) is 5.56 Å². The van der Waals surface area contributed by atoms with E-state index in [2.05, 4.69) is 29.0 Å². The van der Waals surface area contributed by atoms with Crippen LogP contribution in [0.1, 0.15) is 11.1 Å². The molecule has 1 aromatic heterocycles. The molecule has 0 amide bonds. The zero-order valence-electron chi connectivity index (χ0n) is 8.55. The maximum Gasteiger partial charge on any atom is 0.232 e. The molecule has 3 nitrogen and oxygen atoms in total. The van der Waals surface area contributed by atoms with Gasteiger partial charge in [0, 0.05) is 12.4 Å². The number of hydrogen-bond donors (Lipinski definition) is 0. The summed E-state index contributed by atoms with van der Waals surface area (Å²) in [5.74, 6) is 0.555. The van der Waals surface area contributed by atoms with Gasteiger partial charge in [0.2, 0.25) is 5.88 Å². The number of aromatic nitrogens is 2. The van der Waals surface area contributed by atoms with Crippen LogP contribution in [-0.2, 0) is 6.61 Å². The molecule has 1 heterocycles. The van der Waals surface area contributed by atoms with Crippen molar-refractivity contribution in [1.29, 1.82) is 0 Å². The predicted molar refractivity (Wildman–Crippen MR) is 57.5 cm³/mol. The molecule has 0 radical (unpaired) electrons. The Morgan fingerprint density at radius 1 is 1.27 bits per heavy atom. The minimum atomic E-state index is 0.528. The second kappa shape index (κ2) is 4.55. The quantitative estimate of drug-likeness (QED) is 0.762. The molecule has 1 aromatic carbocycles. The first-order valence-electron chi connectivity index (χ1n) is 4.79. The van der Waals surface area contributed by atoms with Crippen molar-refractivity contribution in [2.45, 2.75) is 13.5 Å². The summed E-state index contributed by atoms with van der Waals surface area (Å²) >= 11 is 0. The molecule has 2 aromatic rings. The molecule has 0 fully saturated rings. The Hall–Kier alpha value is -1.90. The lowest BCUT2D eigenvalue weighted by Crippen LogP contribution is -1.97. The van der Waals surface area contributed by atoms with Gasteiger partial charge in [0.25, 0.3) is 0 Å². The van der Waals surface area contributed by atoms with E-state index in [9.17, 15) is 0 Å². The molecule has 0 N–H and O–H groups in total.